The molecule has 2 aromatic carbocycles. The molecule has 1 aliphatic rings. The molecule has 1 fully saturated rings. The van der Waals surface area contributed by atoms with Crippen LogP contribution in [0.4, 0.5) is 11.1 Å². The lowest BCUT2D eigenvalue weighted by molar-refractivity contribution is 0.0592. The molecule has 33 heavy (non-hydrogen) atoms. The lowest BCUT2D eigenvalue weighted by Gasteiger charge is -2.39. The van der Waals surface area contributed by atoms with Gasteiger partial charge in [-0.25, -0.2) is 15.0 Å². The Kier molecular flexibility index (Phi) is 6.37. The van der Waals surface area contributed by atoms with Crippen molar-refractivity contribution in [2.24, 2.45) is 0 Å². The molecule has 7 nitrogen and oxygen atoms in total. The van der Waals surface area contributed by atoms with Crippen LogP contribution in [0.5, 0.6) is 0 Å². The fraction of sp³-hybridized carbons (Fsp3) is 0.200. The molecule has 1 amide bonds. The number of nitrogens with zero attached hydrogens (tertiary/aromatic N) is 5. The first-order valence-electron chi connectivity index (χ1n) is 10.9. The van der Waals surface area contributed by atoms with E-state index < -0.39 is 0 Å². The molecular formula is C25H24N6OS. The van der Waals surface area contributed by atoms with E-state index in [-0.39, 0.29) is 11.9 Å². The predicted molar refractivity (Wildman–Crippen MR) is 130 cm³/mol. The highest BCUT2D eigenvalue weighted by atomic mass is 32.1. The number of rotatable bonds is 6. The molecule has 0 radical (unpaired) electrons. The predicted octanol–water partition coefficient (Wildman–Crippen LogP) is 4.22. The number of amides is 1. The van der Waals surface area contributed by atoms with Crippen molar-refractivity contribution in [3.8, 4) is 0 Å². The van der Waals surface area contributed by atoms with Gasteiger partial charge in [0.1, 0.15) is 5.69 Å². The summed E-state index contributed by atoms with van der Waals surface area (Å²) in [5, 5.41) is 5.44. The average molecular weight is 457 g/mol. The van der Waals surface area contributed by atoms with Crippen molar-refractivity contribution < 1.29 is 4.79 Å². The molecule has 0 atom stereocenters. The lowest BCUT2D eigenvalue weighted by atomic mass is 9.96. The molecule has 1 N–H and O–H groups in total. The minimum atomic E-state index is -0.0381. The van der Waals surface area contributed by atoms with Crippen LogP contribution in [0.1, 0.15) is 27.7 Å². The van der Waals surface area contributed by atoms with Gasteiger partial charge in [-0.05, 0) is 17.2 Å². The first kappa shape index (κ1) is 21.2. The quantitative estimate of drug-likeness (QED) is 0.468. The van der Waals surface area contributed by atoms with Crippen LogP contribution in [0.15, 0.2) is 84.5 Å². The molecule has 1 aliphatic heterocycles. The van der Waals surface area contributed by atoms with E-state index in [4.69, 9.17) is 0 Å². The number of nitrogens with one attached hydrogen (secondary N) is 1. The number of anilines is 2. The third-order valence-electron chi connectivity index (χ3n) is 5.71. The number of thiazole rings is 1. The Morgan fingerprint density at radius 1 is 0.848 bits per heavy atom. The van der Waals surface area contributed by atoms with Gasteiger partial charge < -0.3 is 10.2 Å². The number of piperazine rings is 1. The summed E-state index contributed by atoms with van der Waals surface area (Å²) in [7, 11) is 0. The normalized spacial score (nSPS) is 14.4. The van der Waals surface area contributed by atoms with Gasteiger partial charge in [0.15, 0.2) is 5.13 Å². The zero-order chi connectivity index (χ0) is 22.5. The minimum absolute atomic E-state index is 0.0381. The fourth-order valence-corrected chi connectivity index (χ4v) is 4.80. The lowest BCUT2D eigenvalue weighted by Crippen LogP contribution is -2.50. The number of hydrogen-bond donors (Lipinski definition) is 1. The van der Waals surface area contributed by atoms with Crippen LogP contribution in [0.25, 0.3) is 0 Å². The number of hydrogen-bond acceptors (Lipinski definition) is 7. The first-order chi connectivity index (χ1) is 16.3. The second-order valence-electron chi connectivity index (χ2n) is 7.79. The summed E-state index contributed by atoms with van der Waals surface area (Å²) in [5.41, 5.74) is 2.98. The van der Waals surface area contributed by atoms with Gasteiger partial charge in [-0.2, -0.15) is 0 Å². The van der Waals surface area contributed by atoms with E-state index in [2.05, 4.69) is 73.7 Å². The van der Waals surface area contributed by atoms with Crippen LogP contribution >= 0.6 is 11.3 Å². The van der Waals surface area contributed by atoms with Crippen LogP contribution in [0, 0.1) is 0 Å². The molecule has 1 saturated heterocycles. The van der Waals surface area contributed by atoms with Gasteiger partial charge in [-0.1, -0.05) is 60.7 Å². The fourth-order valence-electron chi connectivity index (χ4n) is 4.12. The van der Waals surface area contributed by atoms with Crippen molar-refractivity contribution in [3.05, 3.63) is 101 Å². The largest absolute Gasteiger partial charge is 0.335 e. The van der Waals surface area contributed by atoms with Crippen LogP contribution in [-0.4, -0.2) is 56.8 Å². The SMILES string of the molecule is O=C(c1csc(Nc2ncccn2)n1)N1CCN(C(c2ccccc2)c2ccccc2)CC1. The molecule has 0 saturated carbocycles. The van der Waals surface area contributed by atoms with Gasteiger partial charge in [0.25, 0.3) is 5.91 Å². The van der Waals surface area contributed by atoms with E-state index in [1.807, 2.05) is 17.0 Å². The molecule has 2 aromatic heterocycles. The van der Waals surface area contributed by atoms with Crippen LogP contribution in [0.2, 0.25) is 0 Å². The molecule has 8 heteroatoms. The summed E-state index contributed by atoms with van der Waals surface area (Å²) in [5.74, 6) is 0.427. The maximum absolute atomic E-state index is 13.1. The maximum atomic E-state index is 13.1. The number of carbonyl (C=O) groups excluding carboxylic acids is 1. The van der Waals surface area contributed by atoms with Crippen LogP contribution in [-0.2, 0) is 0 Å². The third kappa shape index (κ3) is 4.92. The standard InChI is InChI=1S/C25H24N6OS/c32-23(21-18-33-25(28-21)29-24-26-12-7-13-27-24)31-16-14-30(15-17-31)22(19-8-3-1-4-9-19)20-10-5-2-6-11-20/h1-13,18,22H,14-17H2,(H,26,27,28,29). The molecule has 0 unspecified atom stereocenters. The minimum Gasteiger partial charge on any atom is -0.335 e. The molecular weight excluding hydrogens is 432 g/mol. The van der Waals surface area contributed by atoms with E-state index in [1.165, 1.54) is 22.5 Å². The second kappa shape index (κ2) is 9.89. The zero-order valence-electron chi connectivity index (χ0n) is 18.0. The molecule has 4 aromatic rings. The Bertz CT molecular complexity index is 1140. The zero-order valence-corrected chi connectivity index (χ0v) is 18.9. The number of carbonyl (C=O) groups is 1. The van der Waals surface area contributed by atoms with Crippen molar-refractivity contribution in [2.45, 2.75) is 6.04 Å². The van der Waals surface area contributed by atoms with Gasteiger partial charge >= 0.3 is 0 Å². The Morgan fingerprint density at radius 2 is 1.45 bits per heavy atom. The first-order valence-corrected chi connectivity index (χ1v) is 11.8. The number of benzene rings is 2. The van der Waals surface area contributed by atoms with E-state index >= 15 is 0 Å². The molecule has 0 spiro atoms. The Hall–Kier alpha value is -3.62. The topological polar surface area (TPSA) is 74.2 Å². The molecule has 166 valence electrons. The Labute approximate surface area is 196 Å². The highest BCUT2D eigenvalue weighted by Crippen LogP contribution is 2.30. The van der Waals surface area contributed by atoms with Crippen molar-refractivity contribution in [3.63, 3.8) is 0 Å². The monoisotopic (exact) mass is 456 g/mol. The van der Waals surface area contributed by atoms with E-state index in [9.17, 15) is 4.79 Å². The van der Waals surface area contributed by atoms with Gasteiger partial charge in [0, 0.05) is 44.0 Å². The molecule has 0 bridgehead atoms. The summed E-state index contributed by atoms with van der Waals surface area (Å²) in [6.07, 6.45) is 3.32. The van der Waals surface area contributed by atoms with E-state index in [0.717, 1.165) is 13.1 Å². The van der Waals surface area contributed by atoms with Gasteiger partial charge in [-0.15, -0.1) is 11.3 Å². The third-order valence-corrected chi connectivity index (χ3v) is 6.46. The van der Waals surface area contributed by atoms with Gasteiger partial charge in [0.05, 0.1) is 6.04 Å². The van der Waals surface area contributed by atoms with Crippen LogP contribution in [0.3, 0.4) is 0 Å². The highest BCUT2D eigenvalue weighted by Gasteiger charge is 2.29. The van der Waals surface area contributed by atoms with Gasteiger partial charge in [0.2, 0.25) is 5.95 Å². The van der Waals surface area contributed by atoms with Crippen molar-refractivity contribution >= 4 is 28.3 Å². The Morgan fingerprint density at radius 3 is 2.06 bits per heavy atom. The molecule has 5 rings (SSSR count). The Balaban J connectivity index is 1.26. The molecule has 3 heterocycles. The van der Waals surface area contributed by atoms with Crippen molar-refractivity contribution in [1.29, 1.82) is 0 Å². The highest BCUT2D eigenvalue weighted by molar-refractivity contribution is 7.14. The maximum Gasteiger partial charge on any atom is 0.273 e. The smallest absolute Gasteiger partial charge is 0.273 e. The summed E-state index contributed by atoms with van der Waals surface area (Å²) >= 11 is 1.38. The van der Waals surface area contributed by atoms with Crippen molar-refractivity contribution in [1.82, 2.24) is 24.8 Å². The summed E-state index contributed by atoms with van der Waals surface area (Å²) in [6, 6.07) is 23.0. The van der Waals surface area contributed by atoms with E-state index in [0.29, 0.717) is 29.9 Å². The van der Waals surface area contributed by atoms with Crippen LogP contribution < -0.4 is 5.32 Å². The summed E-state index contributed by atoms with van der Waals surface area (Å²) < 4.78 is 0. The van der Waals surface area contributed by atoms with E-state index in [1.54, 1.807) is 23.8 Å². The average Bonchev–Trinajstić information content (AvgIpc) is 3.35. The summed E-state index contributed by atoms with van der Waals surface area (Å²) in [6.45, 7) is 2.93. The second-order valence-corrected chi connectivity index (χ2v) is 8.65. The number of aromatic nitrogens is 3. The summed E-state index contributed by atoms with van der Waals surface area (Å²) in [4.78, 5) is 30.1. The molecule has 0 aliphatic carbocycles. The van der Waals surface area contributed by atoms with Crippen molar-refractivity contribution in [2.75, 3.05) is 31.5 Å². The van der Waals surface area contributed by atoms with Gasteiger partial charge in [-0.3, -0.25) is 9.69 Å².